The summed E-state index contributed by atoms with van der Waals surface area (Å²) in [5.74, 6) is 1.13. The maximum Gasteiger partial charge on any atom is 0.178 e. The van der Waals surface area contributed by atoms with Crippen molar-refractivity contribution in [3.8, 4) is 11.8 Å². The van der Waals surface area contributed by atoms with Gasteiger partial charge < -0.3 is 4.74 Å². The lowest BCUT2D eigenvalue weighted by atomic mass is 9.84. The minimum atomic E-state index is -0.553. The van der Waals surface area contributed by atoms with Gasteiger partial charge in [-0.15, -0.1) is 0 Å². The van der Waals surface area contributed by atoms with Crippen LogP contribution in [0, 0.1) is 23.7 Å². The standard InChI is InChI=1S/C22H29NO2/c1-7-8-9-25-20-12-16-14(2)10-18(17(16)11-15(20)3)19(13-23)21(24)22(4,5)6/h11-12,14H,7-10H2,1-6H3/b19-18+. The van der Waals surface area contributed by atoms with Crippen LogP contribution in [0.1, 0.15) is 76.5 Å². The van der Waals surface area contributed by atoms with Crippen molar-refractivity contribution in [2.75, 3.05) is 6.61 Å². The summed E-state index contributed by atoms with van der Waals surface area (Å²) in [7, 11) is 0. The minimum Gasteiger partial charge on any atom is -0.493 e. The molecular weight excluding hydrogens is 310 g/mol. The van der Waals surface area contributed by atoms with Gasteiger partial charge in [0.05, 0.1) is 12.2 Å². The number of benzene rings is 1. The summed E-state index contributed by atoms with van der Waals surface area (Å²) in [6.07, 6.45) is 2.88. The van der Waals surface area contributed by atoms with Crippen LogP contribution in [0.3, 0.4) is 0 Å². The Morgan fingerprint density at radius 1 is 1.36 bits per heavy atom. The monoisotopic (exact) mass is 339 g/mol. The lowest BCUT2D eigenvalue weighted by Crippen LogP contribution is -2.22. The number of carbonyl (C=O) groups excluding carboxylic acids is 1. The van der Waals surface area contributed by atoms with Crippen LogP contribution in [0.25, 0.3) is 5.57 Å². The molecule has 0 aromatic heterocycles. The average molecular weight is 339 g/mol. The van der Waals surface area contributed by atoms with Gasteiger partial charge in [-0.1, -0.05) is 41.0 Å². The molecule has 3 nitrogen and oxygen atoms in total. The zero-order valence-electron chi connectivity index (χ0n) is 16.3. The second kappa shape index (κ2) is 7.44. The minimum absolute atomic E-state index is 0.0778. The smallest absolute Gasteiger partial charge is 0.178 e. The Labute approximate surface area is 151 Å². The number of Topliss-reactive ketones (excluding diaryl/α,β-unsaturated/α-hetero) is 1. The van der Waals surface area contributed by atoms with Crippen LogP contribution in [-0.2, 0) is 4.79 Å². The van der Waals surface area contributed by atoms with Crippen LogP contribution in [0.15, 0.2) is 17.7 Å². The van der Waals surface area contributed by atoms with E-state index in [1.54, 1.807) is 0 Å². The van der Waals surface area contributed by atoms with Crippen molar-refractivity contribution in [2.45, 2.75) is 66.7 Å². The molecule has 2 rings (SSSR count). The summed E-state index contributed by atoms with van der Waals surface area (Å²) >= 11 is 0. The summed E-state index contributed by atoms with van der Waals surface area (Å²) in [5, 5.41) is 9.65. The predicted octanol–water partition coefficient (Wildman–Crippen LogP) is 5.57. The fourth-order valence-corrected chi connectivity index (χ4v) is 3.25. The van der Waals surface area contributed by atoms with Gasteiger partial charge in [-0.05, 0) is 60.1 Å². The molecule has 0 bridgehead atoms. The highest BCUT2D eigenvalue weighted by Gasteiger charge is 2.33. The molecule has 0 heterocycles. The highest BCUT2D eigenvalue weighted by atomic mass is 16.5. The first-order valence-electron chi connectivity index (χ1n) is 9.16. The normalized spacial score (nSPS) is 18.5. The van der Waals surface area contributed by atoms with E-state index in [0.29, 0.717) is 5.57 Å². The van der Waals surface area contributed by atoms with Crippen molar-refractivity contribution in [1.82, 2.24) is 0 Å². The molecule has 0 saturated carbocycles. The summed E-state index contributed by atoms with van der Waals surface area (Å²) in [6, 6.07) is 6.38. The molecule has 0 saturated heterocycles. The molecule has 1 aliphatic carbocycles. The third-order valence-corrected chi connectivity index (χ3v) is 4.79. The van der Waals surface area contributed by atoms with Gasteiger partial charge in [0.1, 0.15) is 11.8 Å². The largest absolute Gasteiger partial charge is 0.493 e. The van der Waals surface area contributed by atoms with Gasteiger partial charge >= 0.3 is 0 Å². The fraction of sp³-hybridized carbons (Fsp3) is 0.545. The molecule has 0 aliphatic heterocycles. The van der Waals surface area contributed by atoms with E-state index in [9.17, 15) is 10.1 Å². The van der Waals surface area contributed by atoms with Crippen LogP contribution < -0.4 is 4.74 Å². The summed E-state index contributed by atoms with van der Waals surface area (Å²) in [4.78, 5) is 12.7. The third kappa shape index (κ3) is 3.95. The van der Waals surface area contributed by atoms with Crippen LogP contribution in [0.5, 0.6) is 5.75 Å². The van der Waals surface area contributed by atoms with Gasteiger partial charge in [0.2, 0.25) is 0 Å². The second-order valence-corrected chi connectivity index (χ2v) is 8.06. The number of fused-ring (bicyclic) bond motifs is 1. The van der Waals surface area contributed by atoms with Crippen molar-refractivity contribution in [2.24, 2.45) is 5.41 Å². The van der Waals surface area contributed by atoms with Crippen molar-refractivity contribution in [1.29, 1.82) is 5.26 Å². The molecule has 0 fully saturated rings. The number of ketones is 1. The van der Waals surface area contributed by atoms with Gasteiger partial charge in [-0.3, -0.25) is 4.79 Å². The highest BCUT2D eigenvalue weighted by Crippen LogP contribution is 2.45. The number of hydrogen-bond acceptors (Lipinski definition) is 3. The number of nitriles is 1. The average Bonchev–Trinajstić information content (AvgIpc) is 2.84. The Kier molecular flexibility index (Phi) is 5.72. The number of aryl methyl sites for hydroxylation is 1. The zero-order valence-corrected chi connectivity index (χ0v) is 16.3. The van der Waals surface area contributed by atoms with Crippen molar-refractivity contribution < 1.29 is 9.53 Å². The molecule has 1 aliphatic rings. The van der Waals surface area contributed by atoms with E-state index in [0.717, 1.165) is 48.3 Å². The summed E-state index contributed by atoms with van der Waals surface area (Å²) in [6.45, 7) is 12.6. The van der Waals surface area contributed by atoms with Gasteiger partial charge in [0.25, 0.3) is 0 Å². The molecule has 0 N–H and O–H groups in total. The molecule has 0 amide bonds. The first kappa shape index (κ1) is 19.2. The number of hydrogen-bond donors (Lipinski definition) is 0. The maximum absolute atomic E-state index is 12.7. The van der Waals surface area contributed by atoms with Crippen LogP contribution in [-0.4, -0.2) is 12.4 Å². The molecule has 1 atom stereocenters. The van der Waals surface area contributed by atoms with E-state index in [4.69, 9.17) is 4.74 Å². The Balaban J connectivity index is 2.50. The SMILES string of the molecule is CCCCOc1cc2c(cc1C)/C(=C(\C#N)C(=O)C(C)(C)C)CC2C. The van der Waals surface area contributed by atoms with Crippen molar-refractivity contribution in [3.05, 3.63) is 34.4 Å². The number of rotatable bonds is 5. The molecular formula is C22H29NO2. The van der Waals surface area contributed by atoms with E-state index in [2.05, 4.69) is 32.0 Å². The Morgan fingerprint density at radius 2 is 2.04 bits per heavy atom. The molecule has 1 aromatic rings. The first-order chi connectivity index (χ1) is 11.7. The highest BCUT2D eigenvalue weighted by molar-refractivity contribution is 6.09. The second-order valence-electron chi connectivity index (χ2n) is 8.06. The predicted molar refractivity (Wildman–Crippen MR) is 102 cm³/mol. The molecule has 25 heavy (non-hydrogen) atoms. The van der Waals surface area contributed by atoms with E-state index in [1.165, 1.54) is 5.56 Å². The number of unbranched alkanes of at least 4 members (excludes halogenated alkanes) is 1. The molecule has 0 spiro atoms. The molecule has 1 aromatic carbocycles. The lowest BCUT2D eigenvalue weighted by molar-refractivity contribution is -0.122. The fourth-order valence-electron chi connectivity index (χ4n) is 3.25. The van der Waals surface area contributed by atoms with Crippen LogP contribution in [0.4, 0.5) is 0 Å². The van der Waals surface area contributed by atoms with E-state index >= 15 is 0 Å². The number of allylic oxidation sites excluding steroid dienone is 2. The molecule has 134 valence electrons. The Bertz CT molecular complexity index is 745. The first-order valence-corrected chi connectivity index (χ1v) is 9.16. The van der Waals surface area contributed by atoms with Crippen molar-refractivity contribution in [3.63, 3.8) is 0 Å². The van der Waals surface area contributed by atoms with Crippen molar-refractivity contribution >= 4 is 11.4 Å². The Morgan fingerprint density at radius 3 is 2.60 bits per heavy atom. The lowest BCUT2D eigenvalue weighted by Gasteiger charge is -2.17. The number of nitrogens with zero attached hydrogens (tertiary/aromatic N) is 1. The van der Waals surface area contributed by atoms with Crippen LogP contribution in [0.2, 0.25) is 0 Å². The molecule has 0 radical (unpaired) electrons. The van der Waals surface area contributed by atoms with Gasteiger partial charge in [-0.2, -0.15) is 5.26 Å². The number of carbonyl (C=O) groups is 1. The van der Waals surface area contributed by atoms with E-state index in [1.807, 2.05) is 27.7 Å². The quantitative estimate of drug-likeness (QED) is 0.400. The Hall–Kier alpha value is -2.08. The third-order valence-electron chi connectivity index (χ3n) is 4.79. The number of ether oxygens (including phenoxy) is 1. The summed E-state index contributed by atoms with van der Waals surface area (Å²) < 4.78 is 5.93. The van der Waals surface area contributed by atoms with E-state index in [-0.39, 0.29) is 11.7 Å². The maximum atomic E-state index is 12.7. The van der Waals surface area contributed by atoms with Crippen LogP contribution >= 0.6 is 0 Å². The molecule has 3 heteroatoms. The van der Waals surface area contributed by atoms with Gasteiger partial charge in [0, 0.05) is 5.41 Å². The van der Waals surface area contributed by atoms with E-state index < -0.39 is 5.41 Å². The summed E-state index contributed by atoms with van der Waals surface area (Å²) in [5.41, 5.74) is 3.94. The van der Waals surface area contributed by atoms with Gasteiger partial charge in [0.15, 0.2) is 5.78 Å². The molecule has 1 unspecified atom stereocenters. The van der Waals surface area contributed by atoms with Gasteiger partial charge in [-0.25, -0.2) is 0 Å². The topological polar surface area (TPSA) is 50.1 Å². The zero-order chi connectivity index (χ0) is 18.8.